The number of carbonyl (C=O) groups excluding carboxylic acids is 2. The standard InChI is InChI=1S/C21H23N3O3/c1-14-5-3-8-17-18(14)19(25)23-21(22-17)9-11-24(12-10-21)20(26)15-6-4-7-16(13-15)27-2/h3-8,13,22H,9-12H2,1-2H3,(H,23,25). The summed E-state index contributed by atoms with van der Waals surface area (Å²) in [5, 5.41) is 6.65. The van der Waals surface area contributed by atoms with Gasteiger partial charge in [-0.1, -0.05) is 18.2 Å². The van der Waals surface area contributed by atoms with E-state index in [2.05, 4.69) is 10.6 Å². The summed E-state index contributed by atoms with van der Waals surface area (Å²) in [6.07, 6.45) is 1.31. The van der Waals surface area contributed by atoms with Crippen LogP contribution in [0.4, 0.5) is 5.69 Å². The highest BCUT2D eigenvalue weighted by Gasteiger charge is 2.41. The lowest BCUT2D eigenvalue weighted by Gasteiger charge is -2.46. The van der Waals surface area contributed by atoms with E-state index in [0.717, 1.165) is 11.3 Å². The Morgan fingerprint density at radius 2 is 1.85 bits per heavy atom. The summed E-state index contributed by atoms with van der Waals surface area (Å²) in [5.41, 5.74) is 2.65. The molecule has 0 atom stereocenters. The van der Waals surface area contributed by atoms with Crippen LogP contribution in [0.25, 0.3) is 0 Å². The molecule has 0 aromatic heterocycles. The van der Waals surface area contributed by atoms with Crippen molar-refractivity contribution in [3.05, 3.63) is 59.2 Å². The number of hydrogen-bond acceptors (Lipinski definition) is 4. The zero-order valence-electron chi connectivity index (χ0n) is 15.5. The molecule has 2 aliphatic heterocycles. The number of methoxy groups -OCH3 is 1. The third kappa shape index (κ3) is 3.12. The number of rotatable bonds is 2. The Kier molecular flexibility index (Phi) is 4.26. The van der Waals surface area contributed by atoms with E-state index in [1.807, 2.05) is 42.2 Å². The van der Waals surface area contributed by atoms with E-state index in [9.17, 15) is 9.59 Å². The number of nitrogens with one attached hydrogen (secondary N) is 2. The molecule has 6 nitrogen and oxygen atoms in total. The molecular formula is C21H23N3O3. The van der Waals surface area contributed by atoms with E-state index in [4.69, 9.17) is 4.74 Å². The Morgan fingerprint density at radius 3 is 2.59 bits per heavy atom. The maximum atomic E-state index is 12.8. The molecule has 1 fully saturated rings. The first-order valence-electron chi connectivity index (χ1n) is 9.15. The lowest BCUT2D eigenvalue weighted by Crippen LogP contribution is -2.62. The van der Waals surface area contributed by atoms with Crippen molar-refractivity contribution in [1.29, 1.82) is 0 Å². The fourth-order valence-electron chi connectivity index (χ4n) is 3.92. The first-order chi connectivity index (χ1) is 13.0. The van der Waals surface area contributed by atoms with Crippen LogP contribution in [0.2, 0.25) is 0 Å². The Labute approximate surface area is 158 Å². The monoisotopic (exact) mass is 365 g/mol. The molecule has 2 aromatic rings. The molecule has 0 bridgehead atoms. The first kappa shape index (κ1) is 17.4. The maximum Gasteiger partial charge on any atom is 0.255 e. The van der Waals surface area contributed by atoms with Crippen LogP contribution < -0.4 is 15.4 Å². The van der Waals surface area contributed by atoms with Crippen LogP contribution >= 0.6 is 0 Å². The normalized spacial score (nSPS) is 17.7. The molecule has 2 amide bonds. The van der Waals surface area contributed by atoms with Crippen LogP contribution in [-0.2, 0) is 0 Å². The molecule has 2 N–H and O–H groups in total. The van der Waals surface area contributed by atoms with Crippen molar-refractivity contribution < 1.29 is 14.3 Å². The number of piperidine rings is 1. The highest BCUT2D eigenvalue weighted by atomic mass is 16.5. The molecule has 1 spiro atoms. The zero-order valence-corrected chi connectivity index (χ0v) is 15.5. The van der Waals surface area contributed by atoms with Crippen molar-refractivity contribution in [1.82, 2.24) is 10.2 Å². The second-order valence-electron chi connectivity index (χ2n) is 7.18. The smallest absolute Gasteiger partial charge is 0.255 e. The molecular weight excluding hydrogens is 342 g/mol. The Morgan fingerprint density at radius 1 is 1.11 bits per heavy atom. The number of amides is 2. The minimum Gasteiger partial charge on any atom is -0.497 e. The van der Waals surface area contributed by atoms with Crippen molar-refractivity contribution in [3.63, 3.8) is 0 Å². The second kappa shape index (κ2) is 6.61. The molecule has 0 unspecified atom stereocenters. The van der Waals surface area contributed by atoms with Gasteiger partial charge in [0.2, 0.25) is 0 Å². The van der Waals surface area contributed by atoms with Gasteiger partial charge in [0, 0.05) is 37.2 Å². The molecule has 1 saturated heterocycles. The molecule has 4 rings (SSSR count). The number of hydrogen-bond donors (Lipinski definition) is 2. The van der Waals surface area contributed by atoms with Crippen LogP contribution in [0.1, 0.15) is 39.1 Å². The summed E-state index contributed by atoms with van der Waals surface area (Å²) in [6, 6.07) is 13.0. The first-order valence-corrected chi connectivity index (χ1v) is 9.15. The third-order valence-corrected chi connectivity index (χ3v) is 5.45. The summed E-state index contributed by atoms with van der Waals surface area (Å²) in [5.74, 6) is 0.610. The molecule has 27 heavy (non-hydrogen) atoms. The number of anilines is 1. The van der Waals surface area contributed by atoms with Gasteiger partial charge in [0.15, 0.2) is 0 Å². The predicted molar refractivity (Wildman–Crippen MR) is 103 cm³/mol. The van der Waals surface area contributed by atoms with Gasteiger partial charge < -0.3 is 20.3 Å². The van der Waals surface area contributed by atoms with Gasteiger partial charge in [-0.3, -0.25) is 9.59 Å². The van der Waals surface area contributed by atoms with E-state index in [1.54, 1.807) is 19.2 Å². The summed E-state index contributed by atoms with van der Waals surface area (Å²) in [6.45, 7) is 3.09. The maximum absolute atomic E-state index is 12.8. The van der Waals surface area contributed by atoms with E-state index in [0.29, 0.717) is 42.8 Å². The Bertz CT molecular complexity index is 901. The van der Waals surface area contributed by atoms with Crippen molar-refractivity contribution in [3.8, 4) is 5.75 Å². The van der Waals surface area contributed by atoms with Crippen molar-refractivity contribution >= 4 is 17.5 Å². The van der Waals surface area contributed by atoms with Gasteiger partial charge in [-0.05, 0) is 36.8 Å². The number of benzene rings is 2. The largest absolute Gasteiger partial charge is 0.497 e. The number of ether oxygens (including phenoxy) is 1. The van der Waals surface area contributed by atoms with E-state index >= 15 is 0 Å². The molecule has 0 aliphatic carbocycles. The van der Waals surface area contributed by atoms with E-state index < -0.39 is 5.66 Å². The summed E-state index contributed by atoms with van der Waals surface area (Å²) in [7, 11) is 1.59. The van der Waals surface area contributed by atoms with Gasteiger partial charge in [0.05, 0.1) is 12.7 Å². The lowest BCUT2D eigenvalue weighted by atomic mass is 9.91. The van der Waals surface area contributed by atoms with E-state index in [1.165, 1.54) is 0 Å². The van der Waals surface area contributed by atoms with Gasteiger partial charge in [-0.2, -0.15) is 0 Å². The third-order valence-electron chi connectivity index (χ3n) is 5.45. The molecule has 0 saturated carbocycles. The van der Waals surface area contributed by atoms with Crippen molar-refractivity contribution in [2.24, 2.45) is 0 Å². The van der Waals surface area contributed by atoms with Gasteiger partial charge in [-0.25, -0.2) is 0 Å². The zero-order chi connectivity index (χ0) is 19.0. The molecule has 2 aromatic carbocycles. The Balaban J connectivity index is 1.49. The van der Waals surface area contributed by atoms with Crippen molar-refractivity contribution in [2.75, 3.05) is 25.5 Å². The topological polar surface area (TPSA) is 70.7 Å². The second-order valence-corrected chi connectivity index (χ2v) is 7.18. The SMILES string of the molecule is COc1cccc(C(=O)N2CCC3(CC2)NC(=O)c2c(C)cccc2N3)c1. The fourth-order valence-corrected chi connectivity index (χ4v) is 3.92. The number of likely N-dealkylation sites (tertiary alicyclic amines) is 1. The minimum atomic E-state index is -0.497. The molecule has 2 aliphatic rings. The Hall–Kier alpha value is -3.02. The fraction of sp³-hybridized carbons (Fsp3) is 0.333. The van der Waals surface area contributed by atoms with Gasteiger partial charge in [0.1, 0.15) is 11.4 Å². The van der Waals surface area contributed by atoms with E-state index in [-0.39, 0.29) is 11.8 Å². The number of fused-ring (bicyclic) bond motifs is 1. The van der Waals surface area contributed by atoms with Crippen LogP contribution in [0.15, 0.2) is 42.5 Å². The predicted octanol–water partition coefficient (Wildman–Crippen LogP) is 2.79. The van der Waals surface area contributed by atoms with Crippen LogP contribution in [0, 0.1) is 6.92 Å². The minimum absolute atomic E-state index is 0.0119. The van der Waals surface area contributed by atoms with Crippen LogP contribution in [0.5, 0.6) is 5.75 Å². The number of carbonyl (C=O) groups is 2. The van der Waals surface area contributed by atoms with Gasteiger partial charge >= 0.3 is 0 Å². The molecule has 140 valence electrons. The van der Waals surface area contributed by atoms with Crippen molar-refractivity contribution in [2.45, 2.75) is 25.4 Å². The highest BCUT2D eigenvalue weighted by Crippen LogP contribution is 2.33. The number of nitrogens with zero attached hydrogens (tertiary/aromatic N) is 1. The molecule has 2 heterocycles. The average Bonchev–Trinajstić information content (AvgIpc) is 2.68. The van der Waals surface area contributed by atoms with Gasteiger partial charge in [-0.15, -0.1) is 0 Å². The molecule has 0 radical (unpaired) electrons. The quantitative estimate of drug-likeness (QED) is 0.859. The van der Waals surface area contributed by atoms with Gasteiger partial charge in [0.25, 0.3) is 11.8 Å². The number of aryl methyl sites for hydroxylation is 1. The lowest BCUT2D eigenvalue weighted by molar-refractivity contribution is 0.0639. The molecule has 6 heteroatoms. The summed E-state index contributed by atoms with van der Waals surface area (Å²) < 4.78 is 5.21. The van der Waals surface area contributed by atoms with Crippen LogP contribution in [0.3, 0.4) is 0 Å². The highest BCUT2D eigenvalue weighted by molar-refractivity contribution is 6.03. The average molecular weight is 365 g/mol. The summed E-state index contributed by atoms with van der Waals surface area (Å²) in [4.78, 5) is 27.3. The summed E-state index contributed by atoms with van der Waals surface area (Å²) >= 11 is 0. The van der Waals surface area contributed by atoms with Crippen LogP contribution in [-0.4, -0.2) is 42.6 Å².